The van der Waals surface area contributed by atoms with E-state index in [0.717, 1.165) is 63.0 Å². The molecule has 8 heteroatoms. The van der Waals surface area contributed by atoms with E-state index in [1.165, 1.54) is 52.7 Å². The van der Waals surface area contributed by atoms with Gasteiger partial charge in [-0.3, -0.25) is 14.6 Å². The second-order valence-corrected chi connectivity index (χ2v) is 16.7. The van der Waals surface area contributed by atoms with E-state index in [-0.39, 0.29) is 29.4 Å². The lowest BCUT2D eigenvalue weighted by molar-refractivity contribution is -0.184. The van der Waals surface area contributed by atoms with Gasteiger partial charge in [-0.2, -0.15) is 0 Å². The number of rotatable bonds is 3. The van der Waals surface area contributed by atoms with E-state index in [4.69, 9.17) is 9.47 Å². The number of methoxy groups -OCH3 is 1. The maximum Gasteiger partial charge on any atom is 0.315 e. The zero-order valence-electron chi connectivity index (χ0n) is 29.3. The fraction of sp³-hybridized carbons (Fsp3) is 0.585. The van der Waals surface area contributed by atoms with E-state index in [9.17, 15) is 9.90 Å². The molecule has 1 saturated carbocycles. The smallest absolute Gasteiger partial charge is 0.315 e. The summed E-state index contributed by atoms with van der Waals surface area (Å²) in [7, 11) is 3.71. The molecule has 1 aliphatic carbocycles. The number of hydrogen-bond acceptors (Lipinski definition) is 7. The standard InChI is InChI=1S/C41H48N4O4/c1-5-24-22-44-17-14-40-29-18-27(33(46)20-31(29)42(3)41(40)34(44)19-28(24)39(40,23-49-41)37(47)48-4)32-21-38(6-2)13-9-15-43-16-12-26-25-10-7-8-11-30(25)45(32)35(26)36(38)43/h5,7-8,10-11,18,20,28,32,34,36,46H,6,9,12-17,19,21-23H2,1-4H3/b24-5-/t28-,32?,34-,36-,38+,39-,40-,41+/m0/s1. The highest BCUT2D eigenvalue weighted by Gasteiger charge is 2.87. The van der Waals surface area contributed by atoms with E-state index in [1.54, 1.807) is 7.11 Å². The Kier molecular flexibility index (Phi) is 5.59. The molecule has 0 amide bonds. The first-order valence-electron chi connectivity index (χ1n) is 18.9. The van der Waals surface area contributed by atoms with Gasteiger partial charge in [0.15, 0.2) is 5.72 Å². The minimum Gasteiger partial charge on any atom is -0.508 e. The number of phenols is 1. The largest absolute Gasteiger partial charge is 0.508 e. The maximum absolute atomic E-state index is 14.6. The number of aromatic hydroxyl groups is 1. The van der Waals surface area contributed by atoms with Gasteiger partial charge >= 0.3 is 5.97 Å². The van der Waals surface area contributed by atoms with Crippen LogP contribution < -0.4 is 4.90 Å². The van der Waals surface area contributed by atoms with Crippen LogP contribution in [0.1, 0.15) is 86.8 Å². The van der Waals surface area contributed by atoms with E-state index in [1.807, 2.05) is 6.07 Å². The van der Waals surface area contributed by atoms with Crippen molar-refractivity contribution in [3.05, 3.63) is 70.4 Å². The summed E-state index contributed by atoms with van der Waals surface area (Å²) in [5.74, 6) is 0.282. The number of para-hydroxylation sites is 1. The Hall–Kier alpha value is -3.33. The highest BCUT2D eigenvalue weighted by atomic mass is 16.6. The molecule has 3 aromatic rings. The van der Waals surface area contributed by atoms with Crippen LogP contribution in [-0.2, 0) is 26.1 Å². The molecule has 11 rings (SSSR count). The molecular formula is C41H48N4O4. The number of esters is 1. The average Bonchev–Trinajstić information content (AvgIpc) is 3.68. The molecule has 1 N–H and O–H groups in total. The normalized spacial score (nSPS) is 40.5. The summed E-state index contributed by atoms with van der Waals surface area (Å²) in [6.45, 7) is 8.97. The molecule has 7 aliphatic heterocycles. The summed E-state index contributed by atoms with van der Waals surface area (Å²) in [5, 5.41) is 13.7. The van der Waals surface area contributed by atoms with Gasteiger partial charge in [0.25, 0.3) is 0 Å². The van der Waals surface area contributed by atoms with Gasteiger partial charge in [0.05, 0.1) is 37.3 Å². The fourth-order valence-electron chi connectivity index (χ4n) is 14.1. The van der Waals surface area contributed by atoms with Crippen LogP contribution in [0.3, 0.4) is 0 Å². The molecule has 0 radical (unpaired) electrons. The molecule has 8 atom stereocenters. The Bertz CT molecular complexity index is 2020. The van der Waals surface area contributed by atoms with Gasteiger partial charge in [-0.15, -0.1) is 0 Å². The Labute approximate surface area is 288 Å². The number of piperidine rings is 3. The summed E-state index contributed by atoms with van der Waals surface area (Å²) >= 11 is 0. The third-order valence-corrected chi connectivity index (χ3v) is 15.8. The van der Waals surface area contributed by atoms with Crippen LogP contribution >= 0.6 is 0 Å². The number of carbonyl (C=O) groups is 1. The molecule has 1 unspecified atom stereocenters. The van der Waals surface area contributed by atoms with E-state index >= 15 is 0 Å². The molecule has 2 aromatic carbocycles. The monoisotopic (exact) mass is 660 g/mol. The van der Waals surface area contributed by atoms with Crippen LogP contribution in [0.4, 0.5) is 5.69 Å². The fourth-order valence-corrected chi connectivity index (χ4v) is 14.1. The predicted octanol–water partition coefficient (Wildman–Crippen LogP) is 6.06. The van der Waals surface area contributed by atoms with Gasteiger partial charge in [0.1, 0.15) is 11.2 Å². The van der Waals surface area contributed by atoms with Gasteiger partial charge in [-0.05, 0) is 87.1 Å². The zero-order chi connectivity index (χ0) is 33.2. The Morgan fingerprint density at radius 3 is 2.82 bits per heavy atom. The number of fused-ring (bicyclic) bond motifs is 6. The molecule has 49 heavy (non-hydrogen) atoms. The van der Waals surface area contributed by atoms with Crippen LogP contribution in [0.5, 0.6) is 5.75 Å². The highest BCUT2D eigenvalue weighted by Crippen LogP contribution is 2.77. The molecule has 256 valence electrons. The Morgan fingerprint density at radius 1 is 1.14 bits per heavy atom. The van der Waals surface area contributed by atoms with Gasteiger partial charge in [0.2, 0.25) is 0 Å². The van der Waals surface area contributed by atoms with Crippen molar-refractivity contribution in [3.8, 4) is 5.75 Å². The summed E-state index contributed by atoms with van der Waals surface area (Å²) in [4.78, 5) is 22.3. The zero-order valence-corrected chi connectivity index (χ0v) is 29.3. The summed E-state index contributed by atoms with van der Waals surface area (Å²) in [5.41, 5.74) is 6.87. The van der Waals surface area contributed by atoms with Gasteiger partial charge in [-0.25, -0.2) is 0 Å². The number of aromatic nitrogens is 1. The number of nitrogens with zero attached hydrogens (tertiary/aromatic N) is 4. The van der Waals surface area contributed by atoms with Crippen molar-refractivity contribution in [1.29, 1.82) is 0 Å². The first-order chi connectivity index (χ1) is 23.8. The lowest BCUT2D eigenvalue weighted by Gasteiger charge is -2.66. The predicted molar refractivity (Wildman–Crippen MR) is 188 cm³/mol. The second-order valence-electron chi connectivity index (χ2n) is 16.7. The number of benzene rings is 2. The van der Waals surface area contributed by atoms with Crippen LogP contribution in [0.15, 0.2) is 48.0 Å². The molecule has 0 spiro atoms. The number of carbonyl (C=O) groups excluding carboxylic acids is 1. The number of hydrogen-bond donors (Lipinski definition) is 1. The van der Waals surface area contributed by atoms with E-state index in [2.05, 4.69) is 76.6 Å². The van der Waals surface area contributed by atoms with E-state index in [0.29, 0.717) is 18.4 Å². The molecular weight excluding hydrogens is 612 g/mol. The molecule has 8 heterocycles. The maximum atomic E-state index is 14.6. The first-order valence-corrected chi connectivity index (χ1v) is 18.9. The third-order valence-electron chi connectivity index (χ3n) is 15.8. The van der Waals surface area contributed by atoms with Gasteiger partial charge in [-0.1, -0.05) is 36.8 Å². The van der Waals surface area contributed by atoms with Crippen LogP contribution in [0.2, 0.25) is 0 Å². The quantitative estimate of drug-likeness (QED) is 0.271. The second kappa shape index (κ2) is 9.31. The molecule has 1 aromatic heterocycles. The number of anilines is 1. The number of phenolic OH excluding ortho intramolecular Hbond substituents is 1. The molecule has 5 bridgehead atoms. The first kappa shape index (κ1) is 29.4. The minimum atomic E-state index is -0.828. The van der Waals surface area contributed by atoms with E-state index < -0.39 is 16.6 Å². The van der Waals surface area contributed by atoms with Gasteiger partial charge < -0.3 is 24.0 Å². The lowest BCUT2D eigenvalue weighted by Crippen LogP contribution is -2.80. The van der Waals surface area contributed by atoms with Crippen molar-refractivity contribution in [1.82, 2.24) is 14.4 Å². The average molecular weight is 661 g/mol. The Morgan fingerprint density at radius 2 is 2.00 bits per heavy atom. The van der Waals surface area contributed by atoms with Crippen molar-refractivity contribution in [3.63, 3.8) is 0 Å². The van der Waals surface area contributed by atoms with Gasteiger partial charge in [0, 0.05) is 66.5 Å². The summed E-state index contributed by atoms with van der Waals surface area (Å²) in [6.07, 6.45) is 9.60. The lowest BCUT2D eigenvalue weighted by atomic mass is 9.43. The van der Waals surface area contributed by atoms with Crippen LogP contribution in [-0.4, -0.2) is 84.2 Å². The number of allylic oxidation sites excluding steroid dienone is 1. The van der Waals surface area contributed by atoms with Crippen LogP contribution in [0.25, 0.3) is 10.9 Å². The van der Waals surface area contributed by atoms with Crippen molar-refractivity contribution in [2.45, 2.75) is 88.1 Å². The summed E-state index contributed by atoms with van der Waals surface area (Å²) in [6, 6.07) is 14.0. The van der Waals surface area contributed by atoms with Crippen molar-refractivity contribution < 1.29 is 19.4 Å². The highest BCUT2D eigenvalue weighted by molar-refractivity contribution is 5.88. The van der Waals surface area contributed by atoms with Crippen molar-refractivity contribution >= 4 is 22.6 Å². The number of likely N-dealkylation sites (N-methyl/N-ethyl adjacent to an activating group) is 1. The van der Waals surface area contributed by atoms with Crippen molar-refractivity contribution in [2.24, 2.45) is 16.7 Å². The molecule has 4 saturated heterocycles. The number of ether oxygens (including phenoxy) is 2. The molecule has 8 aliphatic rings. The Balaban J connectivity index is 1.19. The van der Waals surface area contributed by atoms with Crippen molar-refractivity contribution in [2.75, 3.05) is 51.8 Å². The summed E-state index contributed by atoms with van der Waals surface area (Å²) < 4.78 is 15.6. The van der Waals surface area contributed by atoms with Crippen LogP contribution in [0, 0.1) is 16.7 Å². The minimum absolute atomic E-state index is 0.00613. The SMILES string of the molecule is C/C=C1/CN2CC[C@@]34c5cc(C6C[C@@]7(CC)CCCN8CCc9c(n6c6ccccc96)[C@H]87)c(O)cc5N(C)[C@]35OC[C@@]4(C(=O)OC)[C@H]1C[C@H]25. The third kappa shape index (κ3) is 2.93. The molecule has 8 nitrogen and oxygen atoms in total. The molecule has 5 fully saturated rings. The topological polar surface area (TPSA) is 70.4 Å².